The van der Waals surface area contributed by atoms with E-state index in [0.29, 0.717) is 18.1 Å². The molecule has 0 amide bonds. The smallest absolute Gasteiger partial charge is 0.271 e. The quantitative estimate of drug-likeness (QED) is 0.701. The third-order valence-electron chi connectivity index (χ3n) is 3.16. The number of nitrogens with zero attached hydrogens (tertiary/aromatic N) is 1. The second kappa shape index (κ2) is 6.98. The molecule has 0 aliphatic rings. The number of aromatic nitrogens is 1. The van der Waals surface area contributed by atoms with Crippen molar-refractivity contribution in [3.05, 3.63) is 71.5 Å². The van der Waals surface area contributed by atoms with Gasteiger partial charge in [-0.15, -0.1) is 11.3 Å². The van der Waals surface area contributed by atoms with Gasteiger partial charge in [0.2, 0.25) is 0 Å². The van der Waals surface area contributed by atoms with E-state index in [4.69, 9.17) is 0 Å². The van der Waals surface area contributed by atoms with E-state index < -0.39 is 10.0 Å². The lowest BCUT2D eigenvalue weighted by Crippen LogP contribution is -2.11. The predicted molar refractivity (Wildman–Crippen MR) is 93.1 cm³/mol. The first kappa shape index (κ1) is 16.4. The molecule has 0 atom stereocenters. The number of thiophene rings is 1. The molecule has 0 spiro atoms. The number of benzene rings is 1. The van der Waals surface area contributed by atoms with Gasteiger partial charge < -0.3 is 5.32 Å². The molecular formula is C16H14FN3O2S2. The van der Waals surface area contributed by atoms with Gasteiger partial charge in [0, 0.05) is 6.54 Å². The van der Waals surface area contributed by atoms with Crippen LogP contribution in [0.3, 0.4) is 0 Å². The summed E-state index contributed by atoms with van der Waals surface area (Å²) in [6.45, 7) is 0.494. The molecule has 0 radical (unpaired) electrons. The van der Waals surface area contributed by atoms with E-state index in [2.05, 4.69) is 15.0 Å². The molecule has 124 valence electrons. The van der Waals surface area contributed by atoms with Crippen molar-refractivity contribution >= 4 is 32.9 Å². The van der Waals surface area contributed by atoms with Crippen LogP contribution in [0.15, 0.2) is 64.3 Å². The summed E-state index contributed by atoms with van der Waals surface area (Å²) in [6.07, 6.45) is 1.44. The third-order valence-corrected chi connectivity index (χ3v) is 5.94. The molecule has 2 heterocycles. The first-order valence-corrected chi connectivity index (χ1v) is 9.40. The van der Waals surface area contributed by atoms with Crippen molar-refractivity contribution in [3.63, 3.8) is 0 Å². The largest absolute Gasteiger partial charge is 0.366 e. The van der Waals surface area contributed by atoms with Crippen LogP contribution in [0.1, 0.15) is 5.56 Å². The van der Waals surface area contributed by atoms with Gasteiger partial charge in [0.15, 0.2) is 0 Å². The summed E-state index contributed by atoms with van der Waals surface area (Å²) >= 11 is 1.15. The van der Waals surface area contributed by atoms with Gasteiger partial charge in [-0.2, -0.15) is 0 Å². The standard InChI is InChI=1S/C16H14FN3O2S2/c17-13-5-3-12(4-6-13)10-18-15-8-7-14(11-19-15)20-24(21,22)16-2-1-9-23-16/h1-9,11,20H,10H2,(H,18,19). The normalized spacial score (nSPS) is 11.2. The maximum atomic E-state index is 12.8. The summed E-state index contributed by atoms with van der Waals surface area (Å²) in [5.74, 6) is 0.317. The number of rotatable bonds is 6. The second-order valence-corrected chi connectivity index (χ2v) is 7.81. The second-order valence-electron chi connectivity index (χ2n) is 4.95. The maximum Gasteiger partial charge on any atom is 0.271 e. The molecule has 3 aromatic rings. The summed E-state index contributed by atoms with van der Waals surface area (Å²) in [5, 5.41) is 4.79. The lowest BCUT2D eigenvalue weighted by atomic mass is 10.2. The molecule has 0 bridgehead atoms. The van der Waals surface area contributed by atoms with Crippen LogP contribution in [0.4, 0.5) is 15.9 Å². The first-order valence-electron chi connectivity index (χ1n) is 7.04. The Hall–Kier alpha value is -2.45. The van der Waals surface area contributed by atoms with Gasteiger partial charge in [-0.05, 0) is 41.3 Å². The van der Waals surface area contributed by atoms with E-state index in [-0.39, 0.29) is 10.0 Å². The zero-order valence-corrected chi connectivity index (χ0v) is 14.1. The van der Waals surface area contributed by atoms with Crippen molar-refractivity contribution in [1.82, 2.24) is 4.98 Å². The Morgan fingerprint density at radius 2 is 1.88 bits per heavy atom. The average molecular weight is 363 g/mol. The molecule has 8 heteroatoms. The fourth-order valence-corrected chi connectivity index (χ4v) is 4.01. The van der Waals surface area contributed by atoms with Crippen LogP contribution in [-0.2, 0) is 16.6 Å². The highest BCUT2D eigenvalue weighted by Crippen LogP contribution is 2.20. The molecule has 0 saturated heterocycles. The van der Waals surface area contributed by atoms with E-state index >= 15 is 0 Å². The van der Waals surface area contributed by atoms with Gasteiger partial charge in [-0.25, -0.2) is 17.8 Å². The number of sulfonamides is 1. The summed E-state index contributed by atoms with van der Waals surface area (Å²) in [6, 6.07) is 12.7. The van der Waals surface area contributed by atoms with E-state index in [1.54, 1.807) is 41.8 Å². The van der Waals surface area contributed by atoms with Gasteiger partial charge in [0.1, 0.15) is 15.8 Å². The Balaban J connectivity index is 1.62. The van der Waals surface area contributed by atoms with Crippen LogP contribution in [0.25, 0.3) is 0 Å². The van der Waals surface area contributed by atoms with Crippen LogP contribution in [0, 0.1) is 5.82 Å². The monoisotopic (exact) mass is 363 g/mol. The fraction of sp³-hybridized carbons (Fsp3) is 0.0625. The Morgan fingerprint density at radius 3 is 2.50 bits per heavy atom. The number of halogens is 1. The zero-order chi connectivity index (χ0) is 17.0. The molecule has 2 N–H and O–H groups in total. The Labute approximate surface area is 143 Å². The van der Waals surface area contributed by atoms with Crippen molar-refractivity contribution in [2.24, 2.45) is 0 Å². The van der Waals surface area contributed by atoms with Crippen LogP contribution < -0.4 is 10.0 Å². The molecule has 1 aromatic carbocycles. The minimum absolute atomic E-state index is 0.251. The lowest BCUT2D eigenvalue weighted by molar-refractivity contribution is 0.603. The summed E-state index contributed by atoms with van der Waals surface area (Å²) in [5.41, 5.74) is 1.30. The van der Waals surface area contributed by atoms with Gasteiger partial charge >= 0.3 is 0 Å². The van der Waals surface area contributed by atoms with Gasteiger partial charge in [-0.3, -0.25) is 4.72 Å². The molecule has 0 aliphatic carbocycles. The minimum Gasteiger partial charge on any atom is -0.366 e. The van der Waals surface area contributed by atoms with Gasteiger partial charge in [-0.1, -0.05) is 18.2 Å². The maximum absolute atomic E-state index is 12.8. The molecule has 24 heavy (non-hydrogen) atoms. The zero-order valence-electron chi connectivity index (χ0n) is 12.4. The Morgan fingerprint density at radius 1 is 1.08 bits per heavy atom. The molecule has 0 saturated carbocycles. The van der Waals surface area contributed by atoms with Crippen molar-refractivity contribution in [1.29, 1.82) is 0 Å². The topological polar surface area (TPSA) is 71.1 Å². The molecule has 2 aromatic heterocycles. The molecule has 0 fully saturated rings. The van der Waals surface area contributed by atoms with Crippen LogP contribution in [0.2, 0.25) is 0 Å². The number of hydrogen-bond acceptors (Lipinski definition) is 5. The van der Waals surface area contributed by atoms with Crippen LogP contribution in [-0.4, -0.2) is 13.4 Å². The molecule has 3 rings (SSSR count). The van der Waals surface area contributed by atoms with Crippen molar-refractivity contribution < 1.29 is 12.8 Å². The number of anilines is 2. The van der Waals surface area contributed by atoms with E-state index in [1.165, 1.54) is 18.3 Å². The SMILES string of the molecule is O=S(=O)(Nc1ccc(NCc2ccc(F)cc2)nc1)c1cccs1. The number of hydrogen-bond donors (Lipinski definition) is 2. The van der Waals surface area contributed by atoms with Crippen LogP contribution >= 0.6 is 11.3 Å². The number of nitrogens with one attached hydrogen (secondary N) is 2. The predicted octanol–water partition coefficient (Wildman–Crippen LogP) is 3.70. The van der Waals surface area contributed by atoms with Gasteiger partial charge in [0.05, 0.1) is 11.9 Å². The highest BCUT2D eigenvalue weighted by Gasteiger charge is 2.15. The van der Waals surface area contributed by atoms with Crippen molar-refractivity contribution in [3.8, 4) is 0 Å². The Kier molecular flexibility index (Phi) is 4.77. The van der Waals surface area contributed by atoms with E-state index in [9.17, 15) is 12.8 Å². The highest BCUT2D eigenvalue weighted by atomic mass is 32.2. The fourth-order valence-electron chi connectivity index (χ4n) is 1.98. The summed E-state index contributed by atoms with van der Waals surface area (Å²) in [7, 11) is -3.57. The molecule has 5 nitrogen and oxygen atoms in total. The van der Waals surface area contributed by atoms with Crippen LogP contribution in [0.5, 0.6) is 0 Å². The lowest BCUT2D eigenvalue weighted by Gasteiger charge is -2.08. The summed E-state index contributed by atoms with van der Waals surface area (Å²) in [4.78, 5) is 4.17. The first-order chi connectivity index (χ1) is 11.5. The molecular weight excluding hydrogens is 349 g/mol. The minimum atomic E-state index is -3.57. The summed E-state index contributed by atoms with van der Waals surface area (Å²) < 4.78 is 39.8. The highest BCUT2D eigenvalue weighted by molar-refractivity contribution is 7.94. The van der Waals surface area contributed by atoms with Gasteiger partial charge in [0.25, 0.3) is 10.0 Å². The molecule has 0 unspecified atom stereocenters. The van der Waals surface area contributed by atoms with Crippen molar-refractivity contribution in [2.75, 3.05) is 10.0 Å². The third kappa shape index (κ3) is 4.09. The Bertz CT molecular complexity index is 894. The molecule has 0 aliphatic heterocycles. The number of pyridine rings is 1. The van der Waals surface area contributed by atoms with E-state index in [0.717, 1.165) is 16.9 Å². The van der Waals surface area contributed by atoms with Crippen molar-refractivity contribution in [2.45, 2.75) is 10.8 Å². The average Bonchev–Trinajstić information content (AvgIpc) is 3.11. The van der Waals surface area contributed by atoms with E-state index in [1.807, 2.05) is 0 Å².